The molecule has 0 fully saturated rings. The molecule has 272 valence electrons. The number of Topliss-reactive ketones (excluding diaryl/α,β-unsaturated/α-hetero) is 1. The summed E-state index contributed by atoms with van der Waals surface area (Å²) in [5.74, 6) is -1.26. The topological polar surface area (TPSA) is 46.4 Å². The SMILES string of the molecule is CC1(C)C(/C=C2\C(=O)C(/C=C3\N(CCc4ccccc4Br)c4cc(C(F)(F)F)ccc4C3(C)C)=C2[O-])=[N+](CCc2ccccc2Br)c2cc(F)ccc21. The molecule has 4 aromatic carbocycles. The Bertz CT molecular complexity index is 2320. The minimum Gasteiger partial charge on any atom is -0.871 e. The van der Waals surface area contributed by atoms with E-state index >= 15 is 0 Å². The third-order valence-electron chi connectivity index (χ3n) is 10.7. The maximum Gasteiger partial charge on any atom is 0.416 e. The third-order valence-corrected chi connectivity index (χ3v) is 12.3. The zero-order valence-corrected chi connectivity index (χ0v) is 32.7. The molecule has 3 aliphatic rings. The molecule has 4 aromatic rings. The van der Waals surface area contributed by atoms with E-state index in [0.29, 0.717) is 54.3 Å². The first-order valence-corrected chi connectivity index (χ1v) is 18.9. The monoisotopic (exact) mass is 846 g/mol. The van der Waals surface area contributed by atoms with Crippen LogP contribution in [0.4, 0.5) is 28.9 Å². The molecule has 10 heteroatoms. The Morgan fingerprint density at radius 3 is 2.06 bits per heavy atom. The maximum absolute atomic E-state index is 14.7. The van der Waals surface area contributed by atoms with Gasteiger partial charge in [0.25, 0.3) is 0 Å². The number of nitrogens with zero attached hydrogens (tertiary/aromatic N) is 2. The van der Waals surface area contributed by atoms with Crippen LogP contribution in [0.5, 0.6) is 0 Å². The predicted octanol–water partition coefficient (Wildman–Crippen LogP) is 10.0. The summed E-state index contributed by atoms with van der Waals surface area (Å²) in [5.41, 5.74) is 3.72. The van der Waals surface area contributed by atoms with Crippen LogP contribution in [-0.4, -0.2) is 29.2 Å². The zero-order chi connectivity index (χ0) is 38.0. The Hall–Kier alpha value is -4.28. The van der Waals surface area contributed by atoms with Crippen LogP contribution in [0, 0.1) is 5.82 Å². The number of alkyl halides is 3. The highest BCUT2D eigenvalue weighted by Crippen LogP contribution is 2.51. The van der Waals surface area contributed by atoms with Gasteiger partial charge in [0.15, 0.2) is 18.0 Å². The van der Waals surface area contributed by atoms with E-state index in [4.69, 9.17) is 0 Å². The second kappa shape index (κ2) is 13.5. The predicted molar refractivity (Wildman–Crippen MR) is 205 cm³/mol. The van der Waals surface area contributed by atoms with E-state index in [0.717, 1.165) is 37.8 Å². The molecule has 1 aliphatic carbocycles. The van der Waals surface area contributed by atoms with E-state index in [1.807, 2.05) is 85.7 Å². The van der Waals surface area contributed by atoms with Crippen molar-refractivity contribution in [3.8, 4) is 0 Å². The van der Waals surface area contributed by atoms with Gasteiger partial charge in [-0.25, -0.2) is 4.39 Å². The molecule has 0 spiro atoms. The van der Waals surface area contributed by atoms with Gasteiger partial charge in [0.05, 0.1) is 11.0 Å². The van der Waals surface area contributed by atoms with E-state index in [9.17, 15) is 27.5 Å². The van der Waals surface area contributed by atoms with Crippen LogP contribution in [0.25, 0.3) is 0 Å². The molecule has 0 radical (unpaired) electrons. The first-order valence-electron chi connectivity index (χ1n) is 17.3. The van der Waals surface area contributed by atoms with Crippen molar-refractivity contribution in [1.82, 2.24) is 0 Å². The van der Waals surface area contributed by atoms with E-state index < -0.39 is 34.1 Å². The Morgan fingerprint density at radius 1 is 0.811 bits per heavy atom. The molecule has 7 rings (SSSR count). The van der Waals surface area contributed by atoms with Crippen LogP contribution in [0.15, 0.2) is 129 Å². The van der Waals surface area contributed by atoms with Crippen LogP contribution in [0.3, 0.4) is 0 Å². The zero-order valence-electron chi connectivity index (χ0n) is 29.5. The summed E-state index contributed by atoms with van der Waals surface area (Å²) in [4.78, 5) is 15.8. The molecule has 0 unspecified atom stereocenters. The van der Waals surface area contributed by atoms with Crippen molar-refractivity contribution in [3.05, 3.63) is 162 Å². The molecule has 0 saturated heterocycles. The van der Waals surface area contributed by atoms with Crippen molar-refractivity contribution in [2.24, 2.45) is 0 Å². The Morgan fingerprint density at radius 2 is 1.43 bits per heavy atom. The minimum atomic E-state index is -4.54. The maximum atomic E-state index is 14.7. The molecule has 0 aromatic heterocycles. The van der Waals surface area contributed by atoms with Gasteiger partial charge >= 0.3 is 6.18 Å². The molecule has 0 saturated carbocycles. The lowest BCUT2D eigenvalue weighted by Gasteiger charge is -2.33. The molecular formula is C43H36Br2F4N2O2. The first kappa shape index (κ1) is 37.1. The number of allylic oxidation sites excluding steroid dienone is 5. The van der Waals surface area contributed by atoms with E-state index in [2.05, 4.69) is 31.9 Å². The number of ketones is 1. The first-order chi connectivity index (χ1) is 25.0. The average molecular weight is 849 g/mol. The number of hydrogen-bond donors (Lipinski definition) is 0. The lowest BCUT2D eigenvalue weighted by atomic mass is 9.77. The van der Waals surface area contributed by atoms with Gasteiger partial charge in [0.1, 0.15) is 5.82 Å². The molecule has 53 heavy (non-hydrogen) atoms. The molecule has 2 heterocycles. The normalized spacial score (nSPS) is 19.0. The fourth-order valence-corrected chi connectivity index (χ4v) is 8.73. The van der Waals surface area contributed by atoms with Crippen LogP contribution < -0.4 is 10.0 Å². The van der Waals surface area contributed by atoms with Gasteiger partial charge in [-0.1, -0.05) is 93.9 Å². The second-order valence-corrected chi connectivity index (χ2v) is 16.4. The molecule has 0 N–H and O–H groups in total. The summed E-state index contributed by atoms with van der Waals surface area (Å²) >= 11 is 7.19. The summed E-state index contributed by atoms with van der Waals surface area (Å²) in [6.45, 7) is 8.56. The van der Waals surface area contributed by atoms with Crippen LogP contribution in [0.1, 0.15) is 55.5 Å². The minimum absolute atomic E-state index is 0.0196. The summed E-state index contributed by atoms with van der Waals surface area (Å²) in [6, 6.07) is 23.9. The highest BCUT2D eigenvalue weighted by atomic mass is 79.9. The van der Waals surface area contributed by atoms with Gasteiger partial charge in [0, 0.05) is 67.6 Å². The van der Waals surface area contributed by atoms with E-state index in [-0.39, 0.29) is 17.0 Å². The molecule has 4 nitrogen and oxygen atoms in total. The van der Waals surface area contributed by atoms with Gasteiger partial charge in [-0.2, -0.15) is 17.7 Å². The average Bonchev–Trinajstić information content (AvgIpc) is 3.45. The number of carbonyl (C=O) groups excluding carboxylic acids is 1. The fourth-order valence-electron chi connectivity index (χ4n) is 7.76. The number of rotatable bonds is 8. The summed E-state index contributed by atoms with van der Waals surface area (Å²) in [5, 5.41) is 14.0. The van der Waals surface area contributed by atoms with Gasteiger partial charge < -0.3 is 10.0 Å². The Kier molecular flexibility index (Phi) is 9.46. The summed E-state index contributed by atoms with van der Waals surface area (Å²) in [7, 11) is 0. The Labute approximate surface area is 323 Å². The molecule has 0 amide bonds. The molecule has 0 bridgehead atoms. The summed E-state index contributed by atoms with van der Waals surface area (Å²) in [6.07, 6.45) is -0.228. The quantitative estimate of drug-likeness (QED) is 0.101. The van der Waals surface area contributed by atoms with Crippen LogP contribution in [0.2, 0.25) is 0 Å². The number of carbonyl (C=O) groups is 1. The largest absolute Gasteiger partial charge is 0.871 e. The van der Waals surface area contributed by atoms with Crippen molar-refractivity contribution < 1.29 is 32.0 Å². The number of halogens is 6. The van der Waals surface area contributed by atoms with Crippen molar-refractivity contribution >= 4 is 54.7 Å². The lowest BCUT2D eigenvalue weighted by molar-refractivity contribution is -0.437. The highest BCUT2D eigenvalue weighted by Gasteiger charge is 2.47. The van der Waals surface area contributed by atoms with Crippen molar-refractivity contribution in [2.75, 3.05) is 18.0 Å². The van der Waals surface area contributed by atoms with Gasteiger partial charge in [0.2, 0.25) is 5.69 Å². The second-order valence-electron chi connectivity index (χ2n) is 14.7. The van der Waals surface area contributed by atoms with E-state index in [1.165, 1.54) is 18.2 Å². The number of benzene rings is 4. The van der Waals surface area contributed by atoms with Crippen LogP contribution >= 0.6 is 31.9 Å². The van der Waals surface area contributed by atoms with Crippen molar-refractivity contribution in [2.45, 2.75) is 57.5 Å². The van der Waals surface area contributed by atoms with E-state index in [1.54, 1.807) is 18.2 Å². The van der Waals surface area contributed by atoms with Crippen LogP contribution in [-0.2, 0) is 34.6 Å². The van der Waals surface area contributed by atoms with Gasteiger partial charge in [-0.15, -0.1) is 0 Å². The standard InChI is InChI=1S/C43H36Br2F4N2O2/c1-41(2)31-15-13-27(43(47,48)49)21-35(31)50(19-17-25-9-5-7-11-33(25)44)37(41)23-29-39(52)30(40(29)53)24-38-42(3,4)32-16-14-28(46)22-36(32)51(38)20-18-26-10-6-8-12-34(26)45/h5-16,21-24H,17-20H2,1-4H3. The third kappa shape index (κ3) is 6.52. The van der Waals surface area contributed by atoms with Crippen molar-refractivity contribution in [1.29, 1.82) is 0 Å². The fraction of sp³-hybridized carbons (Fsp3) is 0.256. The highest BCUT2D eigenvalue weighted by molar-refractivity contribution is 9.10. The number of hydrogen-bond acceptors (Lipinski definition) is 3. The number of anilines is 1. The lowest BCUT2D eigenvalue weighted by Crippen LogP contribution is -2.35. The van der Waals surface area contributed by atoms with Crippen molar-refractivity contribution in [3.63, 3.8) is 0 Å². The number of fused-ring (bicyclic) bond motifs is 2. The molecule has 0 atom stereocenters. The molecule has 2 aliphatic heterocycles. The van der Waals surface area contributed by atoms with Gasteiger partial charge in [-0.3, -0.25) is 4.79 Å². The molecular weight excluding hydrogens is 812 g/mol. The van der Waals surface area contributed by atoms with Gasteiger partial charge in [-0.05, 0) is 79.4 Å². The smallest absolute Gasteiger partial charge is 0.416 e. The summed E-state index contributed by atoms with van der Waals surface area (Å²) < 4.78 is 60.3. The Balaban J connectivity index is 1.30.